The standard InChI is InChI=1S/C7H16N2O2/c1-6(10)4-2-3-5-7(11)9-8/h6,10H,2-5,8H2,1H3,(H,9,11). The number of hydrazine groups is 1. The van der Waals surface area contributed by atoms with Gasteiger partial charge in [0.25, 0.3) is 0 Å². The largest absolute Gasteiger partial charge is 0.393 e. The number of aliphatic hydroxyl groups excluding tert-OH is 1. The Bertz CT molecular complexity index is 115. The van der Waals surface area contributed by atoms with Gasteiger partial charge in [-0.15, -0.1) is 0 Å². The fraction of sp³-hybridized carbons (Fsp3) is 0.857. The summed E-state index contributed by atoms with van der Waals surface area (Å²) in [5.41, 5.74) is 2.05. The monoisotopic (exact) mass is 160 g/mol. The average Bonchev–Trinajstić information content (AvgIpc) is 1.97. The molecule has 0 heterocycles. The highest BCUT2D eigenvalue weighted by Crippen LogP contribution is 2.02. The molecule has 0 saturated heterocycles. The van der Waals surface area contributed by atoms with Gasteiger partial charge in [0.2, 0.25) is 5.91 Å². The second-order valence-electron chi connectivity index (χ2n) is 2.66. The van der Waals surface area contributed by atoms with Crippen LogP contribution in [0.3, 0.4) is 0 Å². The van der Waals surface area contributed by atoms with Crippen LogP contribution in [0.5, 0.6) is 0 Å². The molecular formula is C7H16N2O2. The van der Waals surface area contributed by atoms with E-state index < -0.39 is 0 Å². The van der Waals surface area contributed by atoms with Crippen molar-refractivity contribution >= 4 is 5.91 Å². The van der Waals surface area contributed by atoms with Gasteiger partial charge in [0, 0.05) is 6.42 Å². The van der Waals surface area contributed by atoms with Crippen LogP contribution in [0, 0.1) is 0 Å². The molecule has 0 fully saturated rings. The Morgan fingerprint density at radius 2 is 2.27 bits per heavy atom. The molecule has 0 radical (unpaired) electrons. The van der Waals surface area contributed by atoms with E-state index in [9.17, 15) is 4.79 Å². The molecule has 0 aromatic heterocycles. The van der Waals surface area contributed by atoms with E-state index in [1.807, 2.05) is 0 Å². The van der Waals surface area contributed by atoms with Crippen LogP contribution in [0.2, 0.25) is 0 Å². The van der Waals surface area contributed by atoms with Crippen molar-refractivity contribution in [2.45, 2.75) is 38.7 Å². The molecule has 0 spiro atoms. The van der Waals surface area contributed by atoms with E-state index in [1.54, 1.807) is 6.92 Å². The minimum Gasteiger partial charge on any atom is -0.393 e. The topological polar surface area (TPSA) is 75.3 Å². The minimum absolute atomic E-state index is 0.143. The number of carbonyl (C=O) groups excluding carboxylic acids is 1. The Hall–Kier alpha value is -0.610. The van der Waals surface area contributed by atoms with Gasteiger partial charge in [-0.3, -0.25) is 10.2 Å². The second-order valence-corrected chi connectivity index (χ2v) is 2.66. The lowest BCUT2D eigenvalue weighted by Crippen LogP contribution is -2.29. The lowest BCUT2D eigenvalue weighted by Gasteiger charge is -2.02. The molecular weight excluding hydrogens is 144 g/mol. The Morgan fingerprint density at radius 1 is 1.64 bits per heavy atom. The minimum atomic E-state index is -0.268. The van der Waals surface area contributed by atoms with Gasteiger partial charge in [-0.2, -0.15) is 0 Å². The first-order chi connectivity index (χ1) is 5.16. The van der Waals surface area contributed by atoms with Crippen LogP contribution in [0.1, 0.15) is 32.6 Å². The van der Waals surface area contributed by atoms with Gasteiger partial charge in [-0.1, -0.05) is 6.42 Å². The number of carbonyl (C=O) groups is 1. The first kappa shape index (κ1) is 10.4. The van der Waals surface area contributed by atoms with Crippen LogP contribution in [0.4, 0.5) is 0 Å². The Morgan fingerprint density at radius 3 is 2.73 bits per heavy atom. The van der Waals surface area contributed by atoms with Gasteiger partial charge < -0.3 is 5.11 Å². The maximum Gasteiger partial charge on any atom is 0.233 e. The number of unbranched alkanes of at least 4 members (excludes halogenated alkanes) is 1. The van der Waals surface area contributed by atoms with E-state index in [4.69, 9.17) is 10.9 Å². The molecule has 66 valence electrons. The molecule has 1 atom stereocenters. The molecule has 0 aromatic rings. The third-order valence-electron chi connectivity index (χ3n) is 1.44. The molecule has 0 aliphatic rings. The van der Waals surface area contributed by atoms with E-state index >= 15 is 0 Å². The van der Waals surface area contributed by atoms with Crippen LogP contribution >= 0.6 is 0 Å². The predicted molar refractivity (Wildman–Crippen MR) is 42.5 cm³/mol. The van der Waals surface area contributed by atoms with Crippen molar-refractivity contribution < 1.29 is 9.90 Å². The Balaban J connectivity index is 3.08. The molecule has 0 aromatic carbocycles. The number of hydrogen-bond donors (Lipinski definition) is 3. The molecule has 4 nitrogen and oxygen atoms in total. The molecule has 0 rings (SSSR count). The van der Waals surface area contributed by atoms with Crippen LogP contribution in [0.15, 0.2) is 0 Å². The van der Waals surface area contributed by atoms with Crippen LogP contribution < -0.4 is 11.3 Å². The number of rotatable bonds is 5. The highest BCUT2D eigenvalue weighted by molar-refractivity contribution is 5.74. The fourth-order valence-electron chi connectivity index (χ4n) is 0.797. The zero-order chi connectivity index (χ0) is 8.69. The van der Waals surface area contributed by atoms with E-state index in [0.29, 0.717) is 6.42 Å². The van der Waals surface area contributed by atoms with Crippen molar-refractivity contribution in [3.05, 3.63) is 0 Å². The van der Waals surface area contributed by atoms with Crippen molar-refractivity contribution in [3.63, 3.8) is 0 Å². The summed E-state index contributed by atoms with van der Waals surface area (Å²) < 4.78 is 0. The number of nitrogens with one attached hydrogen (secondary N) is 1. The molecule has 0 aliphatic heterocycles. The van der Waals surface area contributed by atoms with Crippen molar-refractivity contribution in [1.29, 1.82) is 0 Å². The van der Waals surface area contributed by atoms with Crippen molar-refractivity contribution in [3.8, 4) is 0 Å². The van der Waals surface area contributed by atoms with Crippen LogP contribution in [0.25, 0.3) is 0 Å². The molecule has 11 heavy (non-hydrogen) atoms. The maximum atomic E-state index is 10.6. The van der Waals surface area contributed by atoms with Gasteiger partial charge >= 0.3 is 0 Å². The maximum absolute atomic E-state index is 10.6. The van der Waals surface area contributed by atoms with E-state index in [1.165, 1.54) is 0 Å². The quantitative estimate of drug-likeness (QED) is 0.228. The average molecular weight is 160 g/mol. The normalized spacial score (nSPS) is 12.6. The third kappa shape index (κ3) is 7.29. The number of aliphatic hydroxyl groups is 1. The Labute approximate surface area is 66.7 Å². The van der Waals surface area contributed by atoms with Gasteiger partial charge in [0.05, 0.1) is 6.10 Å². The second kappa shape index (κ2) is 6.12. The van der Waals surface area contributed by atoms with Crippen LogP contribution in [-0.2, 0) is 4.79 Å². The molecule has 4 N–H and O–H groups in total. The van der Waals surface area contributed by atoms with Gasteiger partial charge in [0.15, 0.2) is 0 Å². The molecule has 1 unspecified atom stereocenters. The summed E-state index contributed by atoms with van der Waals surface area (Å²) in [6.07, 6.45) is 2.58. The predicted octanol–water partition coefficient (Wildman–Crippen LogP) is -0.0825. The number of amides is 1. The van der Waals surface area contributed by atoms with E-state index in [2.05, 4.69) is 5.43 Å². The van der Waals surface area contributed by atoms with Crippen molar-refractivity contribution in [1.82, 2.24) is 5.43 Å². The molecule has 0 bridgehead atoms. The van der Waals surface area contributed by atoms with Crippen LogP contribution in [-0.4, -0.2) is 17.1 Å². The van der Waals surface area contributed by atoms with Gasteiger partial charge in [0.1, 0.15) is 0 Å². The summed E-state index contributed by atoms with van der Waals surface area (Å²) in [5, 5.41) is 8.85. The highest BCUT2D eigenvalue weighted by atomic mass is 16.3. The summed E-state index contributed by atoms with van der Waals surface area (Å²) in [6, 6.07) is 0. The smallest absolute Gasteiger partial charge is 0.233 e. The lowest BCUT2D eigenvalue weighted by atomic mass is 10.1. The molecule has 0 saturated carbocycles. The van der Waals surface area contributed by atoms with Crippen molar-refractivity contribution in [2.75, 3.05) is 0 Å². The van der Waals surface area contributed by atoms with E-state index in [-0.39, 0.29) is 12.0 Å². The molecule has 0 aliphatic carbocycles. The Kier molecular flexibility index (Phi) is 5.78. The first-order valence-electron chi connectivity index (χ1n) is 3.84. The van der Waals surface area contributed by atoms with Gasteiger partial charge in [-0.05, 0) is 19.8 Å². The van der Waals surface area contributed by atoms with Crippen molar-refractivity contribution in [2.24, 2.45) is 5.84 Å². The lowest BCUT2D eigenvalue weighted by molar-refractivity contribution is -0.121. The third-order valence-corrected chi connectivity index (χ3v) is 1.44. The summed E-state index contributed by atoms with van der Waals surface area (Å²) in [4.78, 5) is 10.6. The number of hydrogen-bond acceptors (Lipinski definition) is 3. The zero-order valence-electron chi connectivity index (χ0n) is 6.84. The fourth-order valence-corrected chi connectivity index (χ4v) is 0.797. The molecule has 1 amide bonds. The zero-order valence-corrected chi connectivity index (χ0v) is 6.84. The molecule has 4 heteroatoms. The summed E-state index contributed by atoms with van der Waals surface area (Å²) >= 11 is 0. The summed E-state index contributed by atoms with van der Waals surface area (Å²) in [7, 11) is 0. The number of nitrogens with two attached hydrogens (primary N) is 1. The highest BCUT2D eigenvalue weighted by Gasteiger charge is 1.99. The summed E-state index contributed by atoms with van der Waals surface area (Å²) in [6.45, 7) is 1.74. The van der Waals surface area contributed by atoms with E-state index in [0.717, 1.165) is 19.3 Å². The SMILES string of the molecule is CC(O)CCCCC(=O)NN. The van der Waals surface area contributed by atoms with Gasteiger partial charge in [-0.25, -0.2) is 5.84 Å². The first-order valence-corrected chi connectivity index (χ1v) is 3.84. The summed E-state index contributed by atoms with van der Waals surface area (Å²) in [5.74, 6) is 4.72.